The number of nitrogens with zero attached hydrogens (tertiary/aromatic N) is 2. The molecule has 0 spiro atoms. The number of hydrogen-bond acceptors (Lipinski definition) is 4. The topological polar surface area (TPSA) is 64.1 Å². The van der Waals surface area contributed by atoms with Gasteiger partial charge in [-0.3, -0.25) is 4.79 Å². The van der Waals surface area contributed by atoms with Gasteiger partial charge < -0.3 is 10.1 Å². The Labute approximate surface area is 109 Å². The molecule has 0 aliphatic rings. The molecular weight excluding hydrogens is 298 g/mol. The molecule has 0 radical (unpaired) electrons. The van der Waals surface area contributed by atoms with Crippen molar-refractivity contribution in [3.63, 3.8) is 0 Å². The number of aromatic nitrogens is 2. The molecule has 10 heteroatoms. The van der Waals surface area contributed by atoms with Gasteiger partial charge in [-0.05, 0) is 0 Å². The van der Waals surface area contributed by atoms with Gasteiger partial charge in [0.1, 0.15) is 24.6 Å². The number of halogens is 5. The maximum absolute atomic E-state index is 11.7. The number of carbonyl (C=O) groups excluding carboxylic acids is 1. The number of alkyl halides is 3. The van der Waals surface area contributed by atoms with Gasteiger partial charge in [0.2, 0.25) is 0 Å². The number of anilines is 1. The zero-order valence-electron chi connectivity index (χ0n) is 8.59. The Hall–Kier alpha value is -1.12. The van der Waals surface area contributed by atoms with Gasteiger partial charge in [-0.1, -0.05) is 23.2 Å². The van der Waals surface area contributed by atoms with Crippen LogP contribution in [0.4, 0.5) is 19.0 Å². The average Bonchev–Trinajstić information content (AvgIpc) is 2.23. The lowest BCUT2D eigenvalue weighted by Gasteiger charge is -2.08. The van der Waals surface area contributed by atoms with Gasteiger partial charge in [-0.15, -0.1) is 0 Å². The Morgan fingerprint density at radius 1 is 1.39 bits per heavy atom. The summed E-state index contributed by atoms with van der Waals surface area (Å²) < 4.78 is 39.3. The lowest BCUT2D eigenvalue weighted by atomic mass is 10.5. The van der Waals surface area contributed by atoms with Crippen molar-refractivity contribution < 1.29 is 22.7 Å². The third-order valence-corrected chi connectivity index (χ3v) is 2.24. The van der Waals surface area contributed by atoms with Crippen molar-refractivity contribution in [1.29, 1.82) is 0 Å². The van der Waals surface area contributed by atoms with Gasteiger partial charge in [-0.25, -0.2) is 9.97 Å². The SMILES string of the molecule is O=C(COCC(F)(F)F)Nc1ncnc(Cl)c1Cl. The van der Waals surface area contributed by atoms with E-state index < -0.39 is 25.3 Å². The summed E-state index contributed by atoms with van der Waals surface area (Å²) in [6, 6.07) is 0. The number of amides is 1. The Morgan fingerprint density at radius 2 is 2.06 bits per heavy atom. The van der Waals surface area contributed by atoms with Crippen molar-refractivity contribution in [2.45, 2.75) is 6.18 Å². The molecule has 0 aliphatic heterocycles. The quantitative estimate of drug-likeness (QED) is 0.867. The molecule has 0 bridgehead atoms. The third-order valence-electron chi connectivity index (χ3n) is 1.50. The Kier molecular flexibility index (Phi) is 5.12. The number of hydrogen-bond donors (Lipinski definition) is 1. The highest BCUT2D eigenvalue weighted by Crippen LogP contribution is 2.25. The van der Waals surface area contributed by atoms with E-state index in [1.165, 1.54) is 0 Å². The van der Waals surface area contributed by atoms with E-state index in [1.54, 1.807) is 0 Å². The van der Waals surface area contributed by atoms with Gasteiger partial charge >= 0.3 is 6.18 Å². The first-order valence-electron chi connectivity index (χ1n) is 4.40. The number of carbonyl (C=O) groups is 1. The number of rotatable bonds is 4. The van der Waals surface area contributed by atoms with Crippen molar-refractivity contribution in [2.24, 2.45) is 0 Å². The summed E-state index contributed by atoms with van der Waals surface area (Å²) in [6.07, 6.45) is -3.45. The van der Waals surface area contributed by atoms with Crippen LogP contribution in [0.3, 0.4) is 0 Å². The summed E-state index contributed by atoms with van der Waals surface area (Å²) in [6.45, 7) is -2.30. The Balaban J connectivity index is 2.48. The molecule has 1 aromatic rings. The molecule has 0 unspecified atom stereocenters. The second-order valence-corrected chi connectivity index (χ2v) is 3.72. The highest BCUT2D eigenvalue weighted by Gasteiger charge is 2.27. The van der Waals surface area contributed by atoms with E-state index in [0.29, 0.717) is 0 Å². The van der Waals surface area contributed by atoms with E-state index >= 15 is 0 Å². The minimum atomic E-state index is -4.49. The van der Waals surface area contributed by atoms with Crippen LogP contribution in [-0.4, -0.2) is 35.3 Å². The maximum atomic E-state index is 11.7. The largest absolute Gasteiger partial charge is 0.411 e. The summed E-state index contributed by atoms with van der Waals surface area (Å²) in [5, 5.41) is 1.95. The molecule has 0 saturated carbocycles. The molecule has 18 heavy (non-hydrogen) atoms. The van der Waals surface area contributed by atoms with Gasteiger partial charge in [-0.2, -0.15) is 13.2 Å². The molecule has 1 rings (SSSR count). The lowest BCUT2D eigenvalue weighted by molar-refractivity contribution is -0.174. The first-order valence-corrected chi connectivity index (χ1v) is 5.15. The normalized spacial score (nSPS) is 11.4. The second kappa shape index (κ2) is 6.17. The molecular formula is C8H6Cl2F3N3O2. The summed E-state index contributed by atoms with van der Waals surface area (Å²) >= 11 is 11.2. The van der Waals surface area contributed by atoms with Crippen molar-refractivity contribution in [2.75, 3.05) is 18.5 Å². The monoisotopic (exact) mass is 303 g/mol. The molecule has 5 nitrogen and oxygen atoms in total. The van der Waals surface area contributed by atoms with Gasteiger partial charge in [0, 0.05) is 0 Å². The molecule has 0 atom stereocenters. The van der Waals surface area contributed by atoms with E-state index in [0.717, 1.165) is 6.33 Å². The molecule has 100 valence electrons. The zero-order chi connectivity index (χ0) is 13.8. The van der Waals surface area contributed by atoms with Crippen LogP contribution >= 0.6 is 23.2 Å². The zero-order valence-corrected chi connectivity index (χ0v) is 10.1. The lowest BCUT2D eigenvalue weighted by Crippen LogP contribution is -2.24. The van der Waals surface area contributed by atoms with Crippen LogP contribution in [-0.2, 0) is 9.53 Å². The molecule has 0 aliphatic carbocycles. The van der Waals surface area contributed by atoms with Crippen LogP contribution in [0.15, 0.2) is 6.33 Å². The molecule has 1 N–H and O–H groups in total. The van der Waals surface area contributed by atoms with Crippen LogP contribution in [0.2, 0.25) is 10.2 Å². The van der Waals surface area contributed by atoms with E-state index in [9.17, 15) is 18.0 Å². The van der Waals surface area contributed by atoms with Crippen molar-refractivity contribution in [3.05, 3.63) is 16.5 Å². The first kappa shape index (κ1) is 14.9. The summed E-state index contributed by atoms with van der Waals surface area (Å²) in [7, 11) is 0. The van der Waals surface area contributed by atoms with E-state index in [-0.39, 0.29) is 16.0 Å². The predicted octanol–water partition coefficient (Wildman–Crippen LogP) is 2.30. The van der Waals surface area contributed by atoms with Gasteiger partial charge in [0.05, 0.1) is 0 Å². The maximum Gasteiger partial charge on any atom is 0.411 e. The Morgan fingerprint density at radius 3 is 2.67 bits per heavy atom. The minimum Gasteiger partial charge on any atom is -0.362 e. The predicted molar refractivity (Wildman–Crippen MR) is 57.6 cm³/mol. The average molecular weight is 304 g/mol. The van der Waals surface area contributed by atoms with Crippen LogP contribution in [0, 0.1) is 0 Å². The summed E-state index contributed by atoms with van der Waals surface area (Å²) in [5.41, 5.74) is 0. The van der Waals surface area contributed by atoms with E-state index in [1.807, 2.05) is 0 Å². The fourth-order valence-corrected chi connectivity index (χ4v) is 1.14. The highest BCUT2D eigenvalue weighted by molar-refractivity contribution is 6.42. The second-order valence-electron chi connectivity index (χ2n) is 2.98. The number of nitrogens with one attached hydrogen (secondary N) is 1. The molecule has 0 fully saturated rings. The van der Waals surface area contributed by atoms with Crippen LogP contribution in [0.1, 0.15) is 0 Å². The van der Waals surface area contributed by atoms with Crippen molar-refractivity contribution in [3.8, 4) is 0 Å². The minimum absolute atomic E-state index is 0.0850. The molecule has 1 amide bonds. The summed E-state index contributed by atoms with van der Waals surface area (Å²) in [4.78, 5) is 18.3. The van der Waals surface area contributed by atoms with Gasteiger partial charge in [0.25, 0.3) is 5.91 Å². The fraction of sp³-hybridized carbons (Fsp3) is 0.375. The van der Waals surface area contributed by atoms with Crippen molar-refractivity contribution in [1.82, 2.24) is 9.97 Å². The summed E-state index contributed by atoms with van der Waals surface area (Å²) in [5.74, 6) is -0.937. The molecule has 0 saturated heterocycles. The first-order chi connectivity index (χ1) is 8.29. The van der Waals surface area contributed by atoms with Crippen LogP contribution < -0.4 is 5.32 Å². The smallest absolute Gasteiger partial charge is 0.362 e. The van der Waals surface area contributed by atoms with E-state index in [4.69, 9.17) is 23.2 Å². The Bertz CT molecular complexity index is 442. The molecule has 0 aromatic carbocycles. The molecule has 1 aromatic heterocycles. The fourth-order valence-electron chi connectivity index (χ4n) is 0.863. The third kappa shape index (κ3) is 5.03. The standard InChI is InChI=1S/C8H6Cl2F3N3O2/c9-5-6(10)14-3-15-7(5)16-4(17)1-18-2-8(11,12)13/h3H,1-2H2,(H,14,15,16,17). The van der Waals surface area contributed by atoms with E-state index in [2.05, 4.69) is 20.0 Å². The van der Waals surface area contributed by atoms with Crippen LogP contribution in [0.5, 0.6) is 0 Å². The van der Waals surface area contributed by atoms with Crippen LogP contribution in [0.25, 0.3) is 0 Å². The van der Waals surface area contributed by atoms with Gasteiger partial charge in [0.15, 0.2) is 11.0 Å². The number of ether oxygens (including phenoxy) is 1. The molecule has 1 heterocycles. The van der Waals surface area contributed by atoms with Crippen molar-refractivity contribution >= 4 is 34.9 Å². The highest BCUT2D eigenvalue weighted by atomic mass is 35.5.